The summed E-state index contributed by atoms with van der Waals surface area (Å²) in [5.74, 6) is 3.29. The summed E-state index contributed by atoms with van der Waals surface area (Å²) in [6, 6.07) is 72.1. The molecule has 0 aliphatic carbocycles. The molecule has 4 heterocycles. The third kappa shape index (κ3) is 6.07. The maximum atomic E-state index is 6.36. The van der Waals surface area contributed by atoms with Crippen molar-refractivity contribution in [1.29, 1.82) is 0 Å². The normalized spacial score (nSPS) is 12.6. The van der Waals surface area contributed by atoms with Gasteiger partial charge >= 0.3 is 0 Å². The molecule has 0 unspecified atom stereocenters. The molecule has 2 aliphatic heterocycles. The van der Waals surface area contributed by atoms with Crippen LogP contribution in [0.15, 0.2) is 206 Å². The predicted molar refractivity (Wildman–Crippen MR) is 264 cm³/mol. The first kappa shape index (κ1) is 36.6. The Kier molecular flexibility index (Phi) is 8.47. The number of ether oxygens (including phenoxy) is 2. The van der Waals surface area contributed by atoms with Crippen molar-refractivity contribution < 1.29 is 9.47 Å². The Morgan fingerprint density at radius 1 is 0.344 bits per heavy atom. The smallest absolute Gasteiger partial charge is 0.151 e. The molecule has 2 aliphatic rings. The van der Waals surface area contributed by atoms with Crippen LogP contribution in [0.4, 0.5) is 34.1 Å². The molecule has 0 amide bonds. The quantitative estimate of drug-likeness (QED) is 0.166. The second-order valence-electron chi connectivity index (χ2n) is 15.8. The highest BCUT2D eigenvalue weighted by molar-refractivity contribution is 7.22. The zero-order valence-electron chi connectivity index (χ0n) is 34.1. The van der Waals surface area contributed by atoms with Gasteiger partial charge in [-0.05, 0) is 131 Å². The minimum Gasteiger partial charge on any atom is -0.453 e. The summed E-state index contributed by atoms with van der Waals surface area (Å²) in [7, 11) is 0. The van der Waals surface area contributed by atoms with E-state index >= 15 is 0 Å². The molecule has 0 atom stereocenters. The van der Waals surface area contributed by atoms with Gasteiger partial charge in [0.15, 0.2) is 23.0 Å². The number of fused-ring (bicyclic) bond motifs is 6. The van der Waals surface area contributed by atoms with E-state index in [-0.39, 0.29) is 0 Å². The summed E-state index contributed by atoms with van der Waals surface area (Å²) in [5, 5.41) is 1.92. The topological polar surface area (TPSA) is 50.7 Å². The van der Waals surface area contributed by atoms with Gasteiger partial charge in [0.1, 0.15) is 10.0 Å². The largest absolute Gasteiger partial charge is 0.453 e. The summed E-state index contributed by atoms with van der Waals surface area (Å²) in [6.45, 7) is 0. The molecule has 0 saturated heterocycles. The molecule has 0 saturated carbocycles. The first-order chi connectivity index (χ1) is 31.7. The molecule has 0 bridgehead atoms. The Labute approximate surface area is 377 Å². The van der Waals surface area contributed by atoms with Gasteiger partial charge in [-0.1, -0.05) is 97.1 Å². The lowest BCUT2D eigenvalue weighted by Gasteiger charge is -2.33. The predicted octanol–water partition coefficient (Wildman–Crippen LogP) is 16.7. The van der Waals surface area contributed by atoms with E-state index in [4.69, 9.17) is 19.4 Å². The lowest BCUT2D eigenvalue weighted by molar-refractivity contribution is 0.477. The molecule has 64 heavy (non-hydrogen) atoms. The number of hydrogen-bond acceptors (Lipinski definition) is 8. The molecular formula is C56H34N4O2S2. The van der Waals surface area contributed by atoms with Crippen LogP contribution in [-0.4, -0.2) is 9.97 Å². The Balaban J connectivity index is 1.02. The second-order valence-corrected chi connectivity index (χ2v) is 17.8. The van der Waals surface area contributed by atoms with Gasteiger partial charge in [0.2, 0.25) is 0 Å². The molecule has 13 rings (SSSR count). The number of hydrogen-bond donors (Lipinski definition) is 0. The fourth-order valence-corrected chi connectivity index (χ4v) is 10.9. The molecule has 0 radical (unpaired) electrons. The number of para-hydroxylation sites is 10. The Morgan fingerprint density at radius 3 is 1.22 bits per heavy atom. The molecule has 0 N–H and O–H groups in total. The number of benzene rings is 9. The lowest BCUT2D eigenvalue weighted by atomic mass is 9.88. The van der Waals surface area contributed by atoms with Crippen molar-refractivity contribution in [1.82, 2.24) is 9.97 Å². The van der Waals surface area contributed by atoms with E-state index in [0.29, 0.717) is 0 Å². The molecule has 2 aromatic heterocycles. The van der Waals surface area contributed by atoms with Crippen LogP contribution in [0, 0.1) is 0 Å². The van der Waals surface area contributed by atoms with Gasteiger partial charge in [-0.2, -0.15) is 0 Å². The first-order valence-corrected chi connectivity index (χ1v) is 22.8. The minimum atomic E-state index is 0.823. The van der Waals surface area contributed by atoms with Gasteiger partial charge in [0, 0.05) is 22.5 Å². The van der Waals surface area contributed by atoms with Crippen molar-refractivity contribution in [3.63, 3.8) is 0 Å². The number of thiazole rings is 2. The van der Waals surface area contributed by atoms with E-state index < -0.39 is 0 Å². The highest BCUT2D eigenvalue weighted by atomic mass is 32.1. The SMILES string of the molecule is c1ccc2c(c1)Oc1ccccc1N2c1ccc(-c2cc(-c3nc4ccccc4s3)cc(-c3nc4ccccc4s3)c2-c2ccc(N3c4ccccc4Oc4ccccc43)cc2)cc1. The molecule has 302 valence electrons. The first-order valence-electron chi connectivity index (χ1n) is 21.1. The van der Waals surface area contributed by atoms with Crippen LogP contribution in [0.5, 0.6) is 23.0 Å². The number of rotatable bonds is 6. The van der Waals surface area contributed by atoms with Crippen LogP contribution in [0.2, 0.25) is 0 Å². The number of anilines is 6. The third-order valence-electron chi connectivity index (χ3n) is 11.9. The molecule has 8 heteroatoms. The summed E-state index contributed by atoms with van der Waals surface area (Å²) < 4.78 is 15.0. The number of nitrogens with zero attached hydrogens (tertiary/aromatic N) is 4. The monoisotopic (exact) mass is 858 g/mol. The van der Waals surface area contributed by atoms with Crippen molar-refractivity contribution in [3.8, 4) is 66.4 Å². The summed E-state index contributed by atoms with van der Waals surface area (Å²) in [5.41, 5.74) is 14.5. The Bertz CT molecular complexity index is 3440. The van der Waals surface area contributed by atoms with Gasteiger partial charge in [0.05, 0.1) is 43.2 Å². The molecular weight excluding hydrogens is 825 g/mol. The van der Waals surface area contributed by atoms with Gasteiger partial charge in [-0.3, -0.25) is 0 Å². The number of aromatic nitrogens is 2. The van der Waals surface area contributed by atoms with Crippen LogP contribution in [0.3, 0.4) is 0 Å². The van der Waals surface area contributed by atoms with E-state index in [9.17, 15) is 0 Å². The van der Waals surface area contributed by atoms with Crippen LogP contribution < -0.4 is 19.3 Å². The highest BCUT2D eigenvalue weighted by Crippen LogP contribution is 2.53. The van der Waals surface area contributed by atoms with Gasteiger partial charge in [-0.15, -0.1) is 22.7 Å². The van der Waals surface area contributed by atoms with Gasteiger partial charge in [-0.25, -0.2) is 9.97 Å². The van der Waals surface area contributed by atoms with E-state index in [1.807, 2.05) is 48.5 Å². The third-order valence-corrected chi connectivity index (χ3v) is 14.1. The van der Waals surface area contributed by atoms with Crippen molar-refractivity contribution in [2.24, 2.45) is 0 Å². The summed E-state index contributed by atoms with van der Waals surface area (Å²) >= 11 is 3.44. The standard InChI is InChI=1S/C56H34N4O2S2/c1-11-23-52-42(13-1)57-55(63-52)37-33-40(35-25-29-38(30-26-35)59-44-15-3-7-19-48(44)61-49-20-8-4-16-45(49)59)54(41(34-37)56-58-43-14-2-12-24-53(43)64-56)36-27-31-39(32-28-36)60-46-17-5-9-21-50(46)62-51-22-10-6-18-47(51)60/h1-34H. The van der Waals surface area contributed by atoms with Crippen LogP contribution in [0.25, 0.3) is 63.8 Å². The molecule has 11 aromatic rings. The second kappa shape index (κ2) is 14.8. The zero-order chi connectivity index (χ0) is 42.1. The zero-order valence-corrected chi connectivity index (χ0v) is 35.7. The Hall–Kier alpha value is -8.04. The highest BCUT2D eigenvalue weighted by Gasteiger charge is 2.28. The van der Waals surface area contributed by atoms with Gasteiger partial charge in [0.25, 0.3) is 0 Å². The van der Waals surface area contributed by atoms with Crippen molar-refractivity contribution in [2.45, 2.75) is 0 Å². The van der Waals surface area contributed by atoms with E-state index in [1.165, 1.54) is 0 Å². The maximum Gasteiger partial charge on any atom is 0.151 e. The van der Waals surface area contributed by atoms with Gasteiger partial charge < -0.3 is 19.3 Å². The van der Waals surface area contributed by atoms with Crippen molar-refractivity contribution in [2.75, 3.05) is 9.80 Å². The average Bonchev–Trinajstić information content (AvgIpc) is 4.00. The fourth-order valence-electron chi connectivity index (χ4n) is 8.99. The van der Waals surface area contributed by atoms with Crippen molar-refractivity contribution in [3.05, 3.63) is 206 Å². The van der Waals surface area contributed by atoms with Crippen molar-refractivity contribution >= 4 is 77.2 Å². The summed E-state index contributed by atoms with van der Waals surface area (Å²) in [4.78, 5) is 15.0. The Morgan fingerprint density at radius 2 is 0.734 bits per heavy atom. The lowest BCUT2D eigenvalue weighted by Crippen LogP contribution is -2.15. The van der Waals surface area contributed by atoms with E-state index in [0.717, 1.165) is 121 Å². The van der Waals surface area contributed by atoms with Crippen LogP contribution in [-0.2, 0) is 0 Å². The molecule has 0 fully saturated rings. The summed E-state index contributed by atoms with van der Waals surface area (Å²) in [6.07, 6.45) is 0. The average molecular weight is 859 g/mol. The van der Waals surface area contributed by atoms with Crippen LogP contribution in [0.1, 0.15) is 0 Å². The molecule has 6 nitrogen and oxygen atoms in total. The van der Waals surface area contributed by atoms with E-state index in [1.54, 1.807) is 22.7 Å². The molecule has 9 aromatic carbocycles. The molecule has 0 spiro atoms. The fraction of sp³-hybridized carbons (Fsp3) is 0. The van der Waals surface area contributed by atoms with E-state index in [2.05, 4.69) is 168 Å². The minimum absolute atomic E-state index is 0.823. The maximum absolute atomic E-state index is 6.36. The van der Waals surface area contributed by atoms with Crippen LogP contribution >= 0.6 is 22.7 Å².